The monoisotopic (exact) mass is 293 g/mol. The second-order valence-corrected chi connectivity index (χ2v) is 5.04. The van der Waals surface area contributed by atoms with Crippen LogP contribution in [0.4, 0.5) is 0 Å². The molecule has 0 fully saturated rings. The van der Waals surface area contributed by atoms with Crippen molar-refractivity contribution < 1.29 is 14.3 Å². The molecule has 0 N–H and O–H groups in total. The van der Waals surface area contributed by atoms with E-state index in [9.17, 15) is 9.59 Å². The molecule has 0 unspecified atom stereocenters. The van der Waals surface area contributed by atoms with Gasteiger partial charge in [0.1, 0.15) is 5.75 Å². The van der Waals surface area contributed by atoms with Crippen molar-refractivity contribution in [3.05, 3.63) is 65.9 Å². The Morgan fingerprint density at radius 3 is 2.64 bits per heavy atom. The van der Waals surface area contributed by atoms with E-state index in [-0.39, 0.29) is 12.5 Å². The third-order valence-electron chi connectivity index (χ3n) is 3.58. The molecule has 4 nitrogen and oxygen atoms in total. The van der Waals surface area contributed by atoms with Crippen molar-refractivity contribution >= 4 is 23.1 Å². The van der Waals surface area contributed by atoms with Gasteiger partial charge in [0.05, 0.1) is 5.52 Å². The summed E-state index contributed by atoms with van der Waals surface area (Å²) in [4.78, 5) is 23.5. The summed E-state index contributed by atoms with van der Waals surface area (Å²) in [7, 11) is 0. The predicted octanol–water partition coefficient (Wildman–Crippen LogP) is 3.48. The fourth-order valence-corrected chi connectivity index (χ4v) is 2.43. The van der Waals surface area contributed by atoms with E-state index in [4.69, 9.17) is 4.74 Å². The Bertz CT molecular complexity index is 848. The maximum absolute atomic E-state index is 12.4. The van der Waals surface area contributed by atoms with Crippen LogP contribution in [0.5, 0.6) is 5.75 Å². The molecule has 4 heteroatoms. The minimum Gasteiger partial charge on any atom is -0.483 e. The summed E-state index contributed by atoms with van der Waals surface area (Å²) in [6, 6.07) is 14.8. The predicted molar refractivity (Wildman–Crippen MR) is 84.6 cm³/mol. The first kappa shape index (κ1) is 14.1. The number of aldehydes is 1. The van der Waals surface area contributed by atoms with Crippen LogP contribution in [-0.2, 0) is 0 Å². The van der Waals surface area contributed by atoms with Crippen LogP contribution in [0.15, 0.2) is 54.7 Å². The molecular weight excluding hydrogens is 278 g/mol. The number of rotatable bonds is 4. The molecule has 0 aliphatic rings. The van der Waals surface area contributed by atoms with Gasteiger partial charge in [-0.05, 0) is 24.6 Å². The van der Waals surface area contributed by atoms with Crippen LogP contribution in [0.25, 0.3) is 10.9 Å². The number of nitrogens with zero attached hydrogens (tertiary/aromatic N) is 1. The van der Waals surface area contributed by atoms with E-state index in [1.54, 1.807) is 6.20 Å². The average Bonchev–Trinajstić information content (AvgIpc) is 2.93. The highest BCUT2D eigenvalue weighted by atomic mass is 16.5. The quantitative estimate of drug-likeness (QED) is 0.692. The van der Waals surface area contributed by atoms with Crippen LogP contribution in [0.1, 0.15) is 20.7 Å². The van der Waals surface area contributed by atoms with E-state index in [2.05, 4.69) is 0 Å². The number of carbonyl (C=O) groups excluding carboxylic acids is 2. The summed E-state index contributed by atoms with van der Waals surface area (Å²) in [5.74, 6) is 0.468. The maximum Gasteiger partial charge on any atom is 0.269 e. The fourth-order valence-electron chi connectivity index (χ4n) is 2.43. The van der Waals surface area contributed by atoms with E-state index in [0.717, 1.165) is 17.2 Å². The van der Waals surface area contributed by atoms with Gasteiger partial charge in [-0.25, -0.2) is 0 Å². The normalized spacial score (nSPS) is 10.6. The highest BCUT2D eigenvalue weighted by Crippen LogP contribution is 2.20. The van der Waals surface area contributed by atoms with Crippen LogP contribution in [0, 0.1) is 6.92 Å². The van der Waals surface area contributed by atoms with Gasteiger partial charge in [-0.3, -0.25) is 14.2 Å². The number of aromatic nitrogens is 1. The lowest BCUT2D eigenvalue weighted by Gasteiger charge is -2.09. The van der Waals surface area contributed by atoms with Crippen molar-refractivity contribution in [2.45, 2.75) is 6.92 Å². The third kappa shape index (κ3) is 2.51. The van der Waals surface area contributed by atoms with Gasteiger partial charge in [-0.1, -0.05) is 36.4 Å². The van der Waals surface area contributed by atoms with E-state index in [0.29, 0.717) is 16.8 Å². The van der Waals surface area contributed by atoms with Gasteiger partial charge in [0.2, 0.25) is 0 Å². The number of hydrogen-bond donors (Lipinski definition) is 0. The Morgan fingerprint density at radius 1 is 1.14 bits per heavy atom. The standard InChI is InChI=1S/C18H15NO3/c1-13-6-2-5-9-17(13)22-12-18(21)19-10-14(11-20)15-7-3-4-8-16(15)19/h2-11H,12H2,1H3. The number of hydrogen-bond acceptors (Lipinski definition) is 3. The van der Waals surface area contributed by atoms with Gasteiger partial charge in [0, 0.05) is 17.1 Å². The van der Waals surface area contributed by atoms with Gasteiger partial charge >= 0.3 is 0 Å². The minimum absolute atomic E-state index is 0.0815. The maximum atomic E-state index is 12.4. The second kappa shape index (κ2) is 5.85. The number of para-hydroxylation sites is 2. The molecule has 22 heavy (non-hydrogen) atoms. The number of aryl methyl sites for hydroxylation is 1. The summed E-state index contributed by atoms with van der Waals surface area (Å²) in [6.45, 7) is 1.84. The number of ether oxygens (including phenoxy) is 1. The molecule has 0 aliphatic heterocycles. The van der Waals surface area contributed by atoms with Crippen molar-refractivity contribution in [1.29, 1.82) is 0 Å². The van der Waals surface area contributed by atoms with Crippen molar-refractivity contribution in [3.63, 3.8) is 0 Å². The Balaban J connectivity index is 1.87. The van der Waals surface area contributed by atoms with Crippen LogP contribution in [0.2, 0.25) is 0 Å². The first-order chi connectivity index (χ1) is 10.7. The largest absolute Gasteiger partial charge is 0.483 e. The molecule has 1 aromatic heterocycles. The van der Waals surface area contributed by atoms with E-state index >= 15 is 0 Å². The van der Waals surface area contributed by atoms with E-state index in [1.165, 1.54) is 4.57 Å². The molecule has 2 aromatic carbocycles. The Labute approximate surface area is 127 Å². The summed E-state index contributed by atoms with van der Waals surface area (Å²) in [5.41, 5.74) is 2.18. The molecule has 0 radical (unpaired) electrons. The van der Waals surface area contributed by atoms with E-state index in [1.807, 2.05) is 55.5 Å². The molecule has 1 heterocycles. The zero-order valence-corrected chi connectivity index (χ0v) is 12.2. The van der Waals surface area contributed by atoms with Crippen LogP contribution in [0.3, 0.4) is 0 Å². The molecule has 3 rings (SSSR count). The first-order valence-corrected chi connectivity index (χ1v) is 6.97. The molecule has 0 aliphatic carbocycles. The molecule has 0 bridgehead atoms. The second-order valence-electron chi connectivity index (χ2n) is 5.04. The van der Waals surface area contributed by atoms with Crippen LogP contribution >= 0.6 is 0 Å². The summed E-state index contributed by atoms with van der Waals surface area (Å²) >= 11 is 0. The summed E-state index contributed by atoms with van der Waals surface area (Å²) in [6.07, 6.45) is 2.32. The Kier molecular flexibility index (Phi) is 3.74. The molecule has 0 saturated carbocycles. The highest BCUT2D eigenvalue weighted by Gasteiger charge is 2.13. The van der Waals surface area contributed by atoms with Crippen LogP contribution in [-0.4, -0.2) is 23.4 Å². The molecule has 0 amide bonds. The lowest BCUT2D eigenvalue weighted by Crippen LogP contribution is -2.18. The average molecular weight is 293 g/mol. The Morgan fingerprint density at radius 2 is 1.86 bits per heavy atom. The zero-order chi connectivity index (χ0) is 15.5. The van der Waals surface area contributed by atoms with Gasteiger partial charge < -0.3 is 4.74 Å². The lowest BCUT2D eigenvalue weighted by atomic mass is 10.2. The highest BCUT2D eigenvalue weighted by molar-refractivity contribution is 6.02. The SMILES string of the molecule is Cc1ccccc1OCC(=O)n1cc(C=O)c2ccccc21. The molecular formula is C18H15NO3. The first-order valence-electron chi connectivity index (χ1n) is 6.97. The van der Waals surface area contributed by atoms with Crippen molar-refractivity contribution in [2.75, 3.05) is 6.61 Å². The summed E-state index contributed by atoms with van der Waals surface area (Å²) < 4.78 is 7.06. The van der Waals surface area contributed by atoms with Crippen molar-refractivity contribution in [2.24, 2.45) is 0 Å². The van der Waals surface area contributed by atoms with Crippen molar-refractivity contribution in [3.8, 4) is 5.75 Å². The molecule has 0 saturated heterocycles. The van der Waals surface area contributed by atoms with E-state index < -0.39 is 0 Å². The smallest absolute Gasteiger partial charge is 0.269 e. The third-order valence-corrected chi connectivity index (χ3v) is 3.58. The summed E-state index contributed by atoms with van der Waals surface area (Å²) in [5, 5.41) is 0.766. The molecule has 110 valence electrons. The number of carbonyl (C=O) groups is 2. The molecule has 3 aromatic rings. The molecule has 0 spiro atoms. The van der Waals surface area contributed by atoms with Crippen LogP contribution < -0.4 is 4.74 Å². The van der Waals surface area contributed by atoms with Gasteiger partial charge in [-0.2, -0.15) is 0 Å². The fraction of sp³-hybridized carbons (Fsp3) is 0.111. The molecule has 0 atom stereocenters. The number of fused-ring (bicyclic) bond motifs is 1. The Hall–Kier alpha value is -2.88. The van der Waals surface area contributed by atoms with Crippen molar-refractivity contribution in [1.82, 2.24) is 4.57 Å². The number of benzene rings is 2. The zero-order valence-electron chi connectivity index (χ0n) is 12.2. The lowest BCUT2D eigenvalue weighted by molar-refractivity contribution is 0.0842. The van der Waals surface area contributed by atoms with Gasteiger partial charge in [-0.15, -0.1) is 0 Å². The topological polar surface area (TPSA) is 48.3 Å². The minimum atomic E-state index is -0.215. The van der Waals surface area contributed by atoms with Gasteiger partial charge in [0.15, 0.2) is 12.9 Å². The van der Waals surface area contributed by atoms with Gasteiger partial charge in [0.25, 0.3) is 5.91 Å².